The van der Waals surface area contributed by atoms with Crippen molar-refractivity contribution >= 4 is 5.91 Å². The first-order chi connectivity index (χ1) is 14.1. The second kappa shape index (κ2) is 8.58. The van der Waals surface area contributed by atoms with E-state index in [1.165, 1.54) is 22.8 Å². The average molecular weight is 388 g/mol. The highest BCUT2D eigenvalue weighted by atomic mass is 19.1. The predicted molar refractivity (Wildman–Crippen MR) is 113 cm³/mol. The van der Waals surface area contributed by atoms with E-state index in [-0.39, 0.29) is 17.5 Å². The zero-order valence-electron chi connectivity index (χ0n) is 16.6. The van der Waals surface area contributed by atoms with E-state index >= 15 is 0 Å². The Hall–Kier alpha value is -2.98. The summed E-state index contributed by atoms with van der Waals surface area (Å²) in [5.74, 6) is -0.684. The molecule has 1 heterocycles. The van der Waals surface area contributed by atoms with Crippen LogP contribution in [0.4, 0.5) is 4.39 Å². The number of halogens is 1. The summed E-state index contributed by atoms with van der Waals surface area (Å²) in [5.41, 5.74) is 3.88. The fourth-order valence-corrected chi connectivity index (χ4v) is 3.99. The highest BCUT2D eigenvalue weighted by Crippen LogP contribution is 2.30. The molecule has 0 aromatic heterocycles. The van der Waals surface area contributed by atoms with Gasteiger partial charge in [0.2, 0.25) is 0 Å². The summed E-state index contributed by atoms with van der Waals surface area (Å²) < 4.78 is 14.0. The number of carbonyl (C=O) groups excluding carboxylic acids is 1. The second-order valence-corrected chi connectivity index (χ2v) is 7.53. The molecule has 4 rings (SSSR count). The number of piperazine rings is 1. The molecule has 0 spiro atoms. The maximum absolute atomic E-state index is 14.0. The molecule has 0 bridgehead atoms. The van der Waals surface area contributed by atoms with Crippen LogP contribution in [0, 0.1) is 12.7 Å². The summed E-state index contributed by atoms with van der Waals surface area (Å²) in [5, 5.41) is 0. The molecule has 4 heteroatoms. The van der Waals surface area contributed by atoms with Crippen molar-refractivity contribution in [3.63, 3.8) is 0 Å². The lowest BCUT2D eigenvalue weighted by atomic mass is 9.95. The normalized spacial score (nSPS) is 15.9. The smallest absolute Gasteiger partial charge is 0.256 e. The SMILES string of the molecule is Cc1ccc(C(c2ccccc2)N2CCN(C(=O)c3ccccc3F)CC2)cc1. The van der Waals surface area contributed by atoms with Gasteiger partial charge in [0.15, 0.2) is 0 Å². The second-order valence-electron chi connectivity index (χ2n) is 7.53. The van der Waals surface area contributed by atoms with Crippen LogP contribution in [0.5, 0.6) is 0 Å². The van der Waals surface area contributed by atoms with Gasteiger partial charge in [0, 0.05) is 26.2 Å². The van der Waals surface area contributed by atoms with Crippen LogP contribution >= 0.6 is 0 Å². The maximum Gasteiger partial charge on any atom is 0.256 e. The molecule has 0 radical (unpaired) electrons. The number of amides is 1. The zero-order valence-corrected chi connectivity index (χ0v) is 16.6. The van der Waals surface area contributed by atoms with Crippen molar-refractivity contribution in [3.8, 4) is 0 Å². The molecule has 3 aromatic rings. The molecule has 3 nitrogen and oxygen atoms in total. The number of nitrogens with zero attached hydrogens (tertiary/aromatic N) is 2. The van der Waals surface area contributed by atoms with Crippen molar-refractivity contribution in [1.29, 1.82) is 0 Å². The third-order valence-electron chi connectivity index (χ3n) is 5.58. The van der Waals surface area contributed by atoms with Crippen LogP contribution in [0.3, 0.4) is 0 Å². The van der Waals surface area contributed by atoms with E-state index in [1.807, 2.05) is 6.07 Å². The molecule has 29 heavy (non-hydrogen) atoms. The molecule has 1 atom stereocenters. The molecule has 0 aliphatic carbocycles. The number of aryl methyl sites for hydroxylation is 1. The highest BCUT2D eigenvalue weighted by Gasteiger charge is 2.29. The van der Waals surface area contributed by atoms with Crippen LogP contribution in [0.2, 0.25) is 0 Å². The van der Waals surface area contributed by atoms with E-state index in [9.17, 15) is 9.18 Å². The van der Waals surface area contributed by atoms with Gasteiger partial charge >= 0.3 is 0 Å². The molecule has 148 valence electrons. The maximum atomic E-state index is 14.0. The van der Waals surface area contributed by atoms with Crippen molar-refractivity contribution in [2.24, 2.45) is 0 Å². The van der Waals surface area contributed by atoms with Crippen molar-refractivity contribution < 1.29 is 9.18 Å². The predicted octanol–water partition coefficient (Wildman–Crippen LogP) is 4.68. The minimum absolute atomic E-state index is 0.141. The largest absolute Gasteiger partial charge is 0.336 e. The molecular weight excluding hydrogens is 363 g/mol. The van der Waals surface area contributed by atoms with Crippen molar-refractivity contribution in [3.05, 3.63) is 107 Å². The van der Waals surface area contributed by atoms with Crippen LogP contribution in [0.25, 0.3) is 0 Å². The van der Waals surface area contributed by atoms with E-state index in [0.717, 1.165) is 13.1 Å². The van der Waals surface area contributed by atoms with Crippen molar-refractivity contribution in [1.82, 2.24) is 9.80 Å². The third-order valence-corrected chi connectivity index (χ3v) is 5.58. The molecule has 1 unspecified atom stereocenters. The van der Waals surface area contributed by atoms with Crippen LogP contribution < -0.4 is 0 Å². The summed E-state index contributed by atoms with van der Waals surface area (Å²) in [6.07, 6.45) is 0. The molecule has 1 aliphatic heterocycles. The van der Waals surface area contributed by atoms with Crippen LogP contribution in [-0.2, 0) is 0 Å². The summed E-state index contributed by atoms with van der Waals surface area (Å²) in [4.78, 5) is 16.9. The van der Waals surface area contributed by atoms with Gasteiger partial charge in [-0.25, -0.2) is 4.39 Å². The number of rotatable bonds is 4. The van der Waals surface area contributed by atoms with Gasteiger partial charge in [0.05, 0.1) is 11.6 Å². The standard InChI is InChI=1S/C25H25FN2O/c1-19-11-13-21(14-12-19)24(20-7-3-2-4-8-20)27-15-17-28(18-16-27)25(29)22-9-5-6-10-23(22)26/h2-14,24H,15-18H2,1H3. The van der Waals surface area contributed by atoms with Crippen LogP contribution in [0.15, 0.2) is 78.9 Å². The molecule has 1 amide bonds. The molecular formula is C25H25FN2O. The Bertz CT molecular complexity index is 964. The number of benzene rings is 3. The van der Waals surface area contributed by atoms with E-state index in [1.54, 1.807) is 23.1 Å². The van der Waals surface area contributed by atoms with Crippen molar-refractivity contribution in [2.45, 2.75) is 13.0 Å². The molecule has 1 aliphatic rings. The number of carbonyl (C=O) groups is 1. The van der Waals surface area contributed by atoms with Gasteiger partial charge in [0.1, 0.15) is 5.82 Å². The van der Waals surface area contributed by atoms with E-state index in [2.05, 4.69) is 60.4 Å². The van der Waals surface area contributed by atoms with Gasteiger partial charge in [-0.15, -0.1) is 0 Å². The Balaban J connectivity index is 1.53. The lowest BCUT2D eigenvalue weighted by molar-refractivity contribution is 0.0593. The summed E-state index contributed by atoms with van der Waals surface area (Å²) >= 11 is 0. The molecule has 0 saturated carbocycles. The number of hydrogen-bond donors (Lipinski definition) is 0. The first-order valence-corrected chi connectivity index (χ1v) is 10.0. The quantitative estimate of drug-likeness (QED) is 0.648. The summed E-state index contributed by atoms with van der Waals surface area (Å²) in [7, 11) is 0. The number of hydrogen-bond acceptors (Lipinski definition) is 2. The van der Waals surface area contributed by atoms with E-state index in [0.29, 0.717) is 13.1 Å². The van der Waals surface area contributed by atoms with Gasteiger partial charge in [-0.2, -0.15) is 0 Å². The van der Waals surface area contributed by atoms with Crippen molar-refractivity contribution in [2.75, 3.05) is 26.2 Å². The van der Waals surface area contributed by atoms with Gasteiger partial charge in [-0.05, 0) is 30.2 Å². The van der Waals surface area contributed by atoms with Gasteiger partial charge in [-0.3, -0.25) is 9.69 Å². The minimum atomic E-state index is -0.457. The van der Waals surface area contributed by atoms with Crippen LogP contribution in [-0.4, -0.2) is 41.9 Å². The molecule has 1 fully saturated rings. The van der Waals surface area contributed by atoms with Gasteiger partial charge in [0.25, 0.3) is 5.91 Å². The van der Waals surface area contributed by atoms with E-state index in [4.69, 9.17) is 0 Å². The monoisotopic (exact) mass is 388 g/mol. The van der Waals surface area contributed by atoms with Gasteiger partial charge in [-0.1, -0.05) is 72.3 Å². The molecule has 3 aromatic carbocycles. The van der Waals surface area contributed by atoms with E-state index < -0.39 is 5.82 Å². The Morgan fingerprint density at radius 3 is 2.03 bits per heavy atom. The Morgan fingerprint density at radius 2 is 1.38 bits per heavy atom. The topological polar surface area (TPSA) is 23.6 Å². The third kappa shape index (κ3) is 4.22. The lowest BCUT2D eigenvalue weighted by Crippen LogP contribution is -2.50. The average Bonchev–Trinajstić information content (AvgIpc) is 2.76. The molecule has 1 saturated heterocycles. The fourth-order valence-electron chi connectivity index (χ4n) is 3.99. The summed E-state index contributed by atoms with van der Waals surface area (Å²) in [6.45, 7) is 4.75. The fraction of sp³-hybridized carbons (Fsp3) is 0.240. The Kier molecular flexibility index (Phi) is 5.72. The Morgan fingerprint density at radius 1 is 0.793 bits per heavy atom. The summed E-state index contributed by atoms with van der Waals surface area (Å²) in [6, 6.07) is 25.5. The lowest BCUT2D eigenvalue weighted by Gasteiger charge is -2.40. The first-order valence-electron chi connectivity index (χ1n) is 10.0. The minimum Gasteiger partial charge on any atom is -0.336 e. The highest BCUT2D eigenvalue weighted by molar-refractivity contribution is 5.94. The first kappa shape index (κ1) is 19.3. The zero-order chi connectivity index (χ0) is 20.2. The van der Waals surface area contributed by atoms with Crippen LogP contribution in [0.1, 0.15) is 33.1 Å². The molecule has 0 N–H and O–H groups in total. The Labute approximate surface area is 171 Å². The van der Waals surface area contributed by atoms with Gasteiger partial charge < -0.3 is 4.90 Å².